The molecule has 0 saturated heterocycles. The van der Waals surface area contributed by atoms with E-state index in [9.17, 15) is 0 Å². The van der Waals surface area contributed by atoms with E-state index >= 15 is 0 Å². The van der Waals surface area contributed by atoms with Crippen LogP contribution >= 0.6 is 23.4 Å². The first kappa shape index (κ1) is 10.8. The molecule has 4 nitrogen and oxygen atoms in total. The first-order valence-corrected chi connectivity index (χ1v) is 4.75. The zero-order valence-corrected chi connectivity index (χ0v) is 8.79. The van der Waals surface area contributed by atoms with Crippen LogP contribution in [0.3, 0.4) is 0 Å². The van der Waals surface area contributed by atoms with E-state index in [4.69, 9.17) is 28.1 Å². The second-order valence-corrected chi connectivity index (χ2v) is 3.41. The van der Waals surface area contributed by atoms with Crippen LogP contribution in [0.25, 0.3) is 0 Å². The zero-order valence-electron chi connectivity index (χ0n) is 7.28. The van der Waals surface area contributed by atoms with Gasteiger partial charge in [-0.05, 0) is 18.0 Å². The third-order valence-corrected chi connectivity index (χ3v) is 2.29. The van der Waals surface area contributed by atoms with Gasteiger partial charge in [0.1, 0.15) is 12.7 Å². The van der Waals surface area contributed by atoms with E-state index in [-0.39, 0.29) is 0 Å². The quantitative estimate of drug-likeness (QED) is 0.317. The van der Waals surface area contributed by atoms with Crippen LogP contribution in [0.4, 0.5) is 0 Å². The van der Waals surface area contributed by atoms with Crippen molar-refractivity contribution >= 4 is 36.1 Å². The van der Waals surface area contributed by atoms with E-state index in [0.717, 1.165) is 17.3 Å². The Kier molecular flexibility index (Phi) is 3.96. The van der Waals surface area contributed by atoms with Gasteiger partial charge in [-0.15, -0.1) is 0 Å². The number of alkyl halides is 1. The molecule has 0 aromatic rings. The van der Waals surface area contributed by atoms with Crippen molar-refractivity contribution in [1.29, 1.82) is 0 Å². The van der Waals surface area contributed by atoms with E-state index < -0.39 is 5.31 Å². The molecule has 74 valence electrons. The lowest BCUT2D eigenvalue weighted by atomic mass is 10.4. The van der Waals surface area contributed by atoms with Gasteiger partial charge in [-0.1, -0.05) is 13.3 Å². The molecule has 1 aliphatic rings. The number of rotatable bonds is 4. The van der Waals surface area contributed by atoms with Gasteiger partial charge in [0.05, 0.1) is 6.61 Å². The van der Waals surface area contributed by atoms with Crippen LogP contribution in [0, 0.1) is 0 Å². The zero-order chi connectivity index (χ0) is 9.73. The summed E-state index contributed by atoms with van der Waals surface area (Å²) >= 11 is 11.7. The number of unbranched alkanes of at least 4 members (excludes halogenated alkanes) is 1. The van der Waals surface area contributed by atoms with Gasteiger partial charge in [-0.25, -0.2) is 14.4 Å². The van der Waals surface area contributed by atoms with Gasteiger partial charge in [0, 0.05) is 11.8 Å². The summed E-state index contributed by atoms with van der Waals surface area (Å²) in [5.74, 6) is 0. The van der Waals surface area contributed by atoms with E-state index in [1.807, 2.05) is 0 Å². The van der Waals surface area contributed by atoms with Gasteiger partial charge in [0.25, 0.3) is 0 Å². The maximum atomic E-state index is 5.94. The molecule has 0 aliphatic carbocycles. The number of halogens is 2. The Hall–Kier alpha value is -0.320. The molecule has 1 heterocycles. The molecule has 0 amide bonds. The van der Waals surface area contributed by atoms with E-state index in [1.165, 1.54) is 12.7 Å². The number of aliphatic imine (C=N–C) groups is 2. The monoisotopic (exact) mass is 223 g/mol. The highest BCUT2D eigenvalue weighted by Gasteiger charge is 2.34. The molecule has 0 saturated carbocycles. The normalized spacial score (nSPS) is 26.8. The molecule has 13 heavy (non-hydrogen) atoms. The molecule has 0 N–H and O–H groups in total. The second kappa shape index (κ2) is 4.79. The Balaban J connectivity index is 2.45. The molecule has 1 rings (SSSR count). The summed E-state index contributed by atoms with van der Waals surface area (Å²) in [7, 11) is 0. The summed E-state index contributed by atoms with van der Waals surface area (Å²) in [6.45, 7) is 2.59. The fourth-order valence-electron chi connectivity index (χ4n) is 0.765. The van der Waals surface area contributed by atoms with Crippen LogP contribution in [0.15, 0.2) is 9.98 Å². The van der Waals surface area contributed by atoms with Crippen LogP contribution in [0.2, 0.25) is 0 Å². The van der Waals surface area contributed by atoms with Crippen LogP contribution in [0.1, 0.15) is 19.8 Å². The number of hydrogen-bond donors (Lipinski definition) is 0. The smallest absolute Gasteiger partial charge is 0.323 e. The van der Waals surface area contributed by atoms with Gasteiger partial charge >= 0.3 is 5.31 Å². The lowest BCUT2D eigenvalue weighted by Crippen LogP contribution is -2.40. The Morgan fingerprint density at radius 1 is 1.62 bits per heavy atom. The SMILES string of the molecule is CCCCOC1(Cl)N=CN=CN1Cl. The summed E-state index contributed by atoms with van der Waals surface area (Å²) in [5.41, 5.74) is 0. The molecule has 0 fully saturated rings. The summed E-state index contributed by atoms with van der Waals surface area (Å²) < 4.78 is 6.39. The minimum Gasteiger partial charge on any atom is -0.323 e. The average molecular weight is 224 g/mol. The summed E-state index contributed by atoms with van der Waals surface area (Å²) in [6.07, 6.45) is 4.63. The predicted octanol–water partition coefficient (Wildman–Crippen LogP) is 2.18. The molecule has 0 bridgehead atoms. The van der Waals surface area contributed by atoms with E-state index in [2.05, 4.69) is 16.9 Å². The largest absolute Gasteiger partial charge is 0.339 e. The maximum Gasteiger partial charge on any atom is 0.339 e. The molecule has 1 unspecified atom stereocenters. The molecule has 0 aromatic heterocycles. The molecule has 0 radical (unpaired) electrons. The highest BCUT2D eigenvalue weighted by atomic mass is 35.5. The van der Waals surface area contributed by atoms with Crippen LogP contribution in [0.5, 0.6) is 0 Å². The molecular weight excluding hydrogens is 213 g/mol. The van der Waals surface area contributed by atoms with Crippen molar-refractivity contribution in [2.75, 3.05) is 6.61 Å². The van der Waals surface area contributed by atoms with Crippen LogP contribution in [-0.4, -0.2) is 29.0 Å². The molecule has 1 atom stereocenters. The lowest BCUT2D eigenvalue weighted by molar-refractivity contribution is -0.0246. The number of hydrogen-bond acceptors (Lipinski definition) is 4. The summed E-state index contributed by atoms with van der Waals surface area (Å²) in [6, 6.07) is 0. The van der Waals surface area contributed by atoms with Gasteiger partial charge in [-0.3, -0.25) is 0 Å². The molecule has 1 aliphatic heterocycles. The van der Waals surface area contributed by atoms with Gasteiger partial charge in [0.15, 0.2) is 0 Å². The summed E-state index contributed by atoms with van der Waals surface area (Å²) in [4.78, 5) is 7.52. The first-order chi connectivity index (χ1) is 6.19. The minimum atomic E-state index is -1.32. The van der Waals surface area contributed by atoms with Crippen LogP contribution in [-0.2, 0) is 4.74 Å². The van der Waals surface area contributed by atoms with E-state index in [0.29, 0.717) is 6.61 Å². The average Bonchev–Trinajstić information content (AvgIpc) is 2.11. The Morgan fingerprint density at radius 2 is 2.38 bits per heavy atom. The van der Waals surface area contributed by atoms with Crippen molar-refractivity contribution in [3.05, 3.63) is 0 Å². The van der Waals surface area contributed by atoms with Gasteiger partial charge < -0.3 is 4.74 Å². The van der Waals surface area contributed by atoms with Crippen molar-refractivity contribution in [2.24, 2.45) is 9.98 Å². The second-order valence-electron chi connectivity index (χ2n) is 2.55. The maximum absolute atomic E-state index is 5.94. The van der Waals surface area contributed by atoms with Crippen molar-refractivity contribution in [3.8, 4) is 0 Å². The lowest BCUT2D eigenvalue weighted by Gasteiger charge is -2.29. The molecule has 6 heteroatoms. The topological polar surface area (TPSA) is 37.2 Å². The Labute approximate surface area is 87.3 Å². The molecule has 0 spiro atoms. The van der Waals surface area contributed by atoms with Crippen molar-refractivity contribution in [3.63, 3.8) is 0 Å². The summed E-state index contributed by atoms with van der Waals surface area (Å²) in [5, 5.41) is -1.32. The fraction of sp³-hybridized carbons (Fsp3) is 0.714. The standard InChI is InChI=1S/C7H11Cl2N3O/c1-2-3-4-13-7(8)11-5-10-6-12(7)9/h5-6H,2-4H2,1H3. The van der Waals surface area contributed by atoms with Gasteiger partial charge in [0.2, 0.25) is 0 Å². The third-order valence-electron chi connectivity index (χ3n) is 1.50. The highest BCUT2D eigenvalue weighted by Crippen LogP contribution is 2.26. The van der Waals surface area contributed by atoms with E-state index in [1.54, 1.807) is 0 Å². The number of ether oxygens (including phenoxy) is 1. The Bertz CT molecular complexity index is 222. The first-order valence-electron chi connectivity index (χ1n) is 4.04. The molecule has 0 aromatic carbocycles. The third kappa shape index (κ3) is 2.83. The van der Waals surface area contributed by atoms with Crippen molar-refractivity contribution in [2.45, 2.75) is 25.1 Å². The minimum absolute atomic E-state index is 0.522. The van der Waals surface area contributed by atoms with Gasteiger partial charge in [-0.2, -0.15) is 0 Å². The molecular formula is C7H11Cl2N3O. The Morgan fingerprint density at radius 3 is 3.00 bits per heavy atom. The van der Waals surface area contributed by atoms with Crippen molar-refractivity contribution in [1.82, 2.24) is 4.42 Å². The van der Waals surface area contributed by atoms with Crippen molar-refractivity contribution < 1.29 is 4.74 Å². The predicted molar refractivity (Wildman–Crippen MR) is 54.1 cm³/mol. The highest BCUT2D eigenvalue weighted by molar-refractivity contribution is 6.30. The fourth-order valence-corrected chi connectivity index (χ4v) is 1.07. The van der Waals surface area contributed by atoms with Crippen LogP contribution < -0.4 is 0 Å². The number of nitrogens with zero attached hydrogens (tertiary/aromatic N) is 3.